The SMILES string of the molecule is COCCC(C)NC(=O)/C=C/c1cc(Cl)c(OC)c(OC)c1. The quantitative estimate of drug-likeness (QED) is 0.746. The van der Waals surface area contributed by atoms with Gasteiger partial charge in [-0.05, 0) is 37.1 Å². The van der Waals surface area contributed by atoms with Crippen LogP contribution < -0.4 is 14.8 Å². The lowest BCUT2D eigenvalue weighted by molar-refractivity contribution is -0.117. The first-order valence-corrected chi connectivity index (χ1v) is 7.28. The lowest BCUT2D eigenvalue weighted by Gasteiger charge is -2.12. The summed E-state index contributed by atoms with van der Waals surface area (Å²) >= 11 is 6.12. The standard InChI is InChI=1S/C16H22ClNO4/c1-11(7-8-20-2)18-15(19)6-5-12-9-13(17)16(22-4)14(10-12)21-3/h5-6,9-11H,7-8H2,1-4H3,(H,18,19)/b6-5+. The Bertz CT molecular complexity index is 531. The molecular weight excluding hydrogens is 306 g/mol. The van der Waals surface area contributed by atoms with Crippen molar-refractivity contribution in [2.45, 2.75) is 19.4 Å². The van der Waals surface area contributed by atoms with Gasteiger partial charge in [0.2, 0.25) is 5.91 Å². The van der Waals surface area contributed by atoms with Crippen LogP contribution in [0.2, 0.25) is 5.02 Å². The molecule has 5 nitrogen and oxygen atoms in total. The Morgan fingerprint density at radius 2 is 2.05 bits per heavy atom. The summed E-state index contributed by atoms with van der Waals surface area (Å²) in [5.41, 5.74) is 0.752. The first-order valence-electron chi connectivity index (χ1n) is 6.90. The first-order chi connectivity index (χ1) is 10.5. The van der Waals surface area contributed by atoms with Crippen molar-refractivity contribution in [3.05, 3.63) is 28.8 Å². The van der Waals surface area contributed by atoms with Crippen molar-refractivity contribution in [1.82, 2.24) is 5.32 Å². The van der Waals surface area contributed by atoms with Gasteiger partial charge in [0, 0.05) is 25.8 Å². The average molecular weight is 328 g/mol. The Labute approximate surface area is 136 Å². The Morgan fingerprint density at radius 3 is 2.64 bits per heavy atom. The molecule has 1 unspecified atom stereocenters. The van der Waals surface area contributed by atoms with Gasteiger partial charge in [-0.1, -0.05) is 11.6 Å². The van der Waals surface area contributed by atoms with Crippen LogP contribution in [0.25, 0.3) is 6.08 Å². The van der Waals surface area contributed by atoms with Crippen molar-refractivity contribution in [2.24, 2.45) is 0 Å². The van der Waals surface area contributed by atoms with Gasteiger partial charge >= 0.3 is 0 Å². The number of hydrogen-bond acceptors (Lipinski definition) is 4. The average Bonchev–Trinajstić information content (AvgIpc) is 2.50. The van der Waals surface area contributed by atoms with Crippen molar-refractivity contribution in [3.63, 3.8) is 0 Å². The fourth-order valence-corrected chi connectivity index (χ4v) is 2.16. The van der Waals surface area contributed by atoms with E-state index in [0.717, 1.165) is 12.0 Å². The summed E-state index contributed by atoms with van der Waals surface area (Å²) in [6.07, 6.45) is 3.89. The number of hydrogen-bond donors (Lipinski definition) is 1. The fourth-order valence-electron chi connectivity index (χ4n) is 1.86. The van der Waals surface area contributed by atoms with Crippen LogP contribution in [0.5, 0.6) is 11.5 Å². The molecule has 0 bridgehead atoms. The maximum absolute atomic E-state index is 11.8. The topological polar surface area (TPSA) is 56.8 Å². The molecule has 0 saturated carbocycles. The molecule has 0 spiro atoms. The highest BCUT2D eigenvalue weighted by atomic mass is 35.5. The zero-order valence-electron chi connectivity index (χ0n) is 13.3. The van der Waals surface area contributed by atoms with Crippen LogP contribution in [0.1, 0.15) is 18.9 Å². The summed E-state index contributed by atoms with van der Waals surface area (Å²) in [4.78, 5) is 11.8. The summed E-state index contributed by atoms with van der Waals surface area (Å²) < 4.78 is 15.4. The van der Waals surface area contributed by atoms with E-state index in [0.29, 0.717) is 23.1 Å². The van der Waals surface area contributed by atoms with Gasteiger partial charge in [0.05, 0.1) is 19.2 Å². The second-order valence-electron chi connectivity index (χ2n) is 4.76. The van der Waals surface area contributed by atoms with Gasteiger partial charge in [-0.15, -0.1) is 0 Å². The maximum Gasteiger partial charge on any atom is 0.244 e. The molecule has 1 N–H and O–H groups in total. The molecule has 0 saturated heterocycles. The molecule has 0 fully saturated rings. The van der Waals surface area contributed by atoms with Gasteiger partial charge in [-0.2, -0.15) is 0 Å². The van der Waals surface area contributed by atoms with Crippen molar-refractivity contribution in [3.8, 4) is 11.5 Å². The summed E-state index contributed by atoms with van der Waals surface area (Å²) in [5.74, 6) is 0.817. The Hall–Kier alpha value is -1.72. The minimum atomic E-state index is -0.172. The van der Waals surface area contributed by atoms with E-state index >= 15 is 0 Å². The molecule has 0 aliphatic rings. The minimum absolute atomic E-state index is 0.0473. The predicted octanol–water partition coefficient (Wildman–Crippen LogP) is 2.91. The number of nitrogens with one attached hydrogen (secondary N) is 1. The summed E-state index contributed by atoms with van der Waals surface area (Å²) in [5, 5.41) is 3.28. The third kappa shape index (κ3) is 5.58. The van der Waals surface area contributed by atoms with Crippen molar-refractivity contribution in [2.75, 3.05) is 27.9 Å². The smallest absolute Gasteiger partial charge is 0.244 e. The highest BCUT2D eigenvalue weighted by molar-refractivity contribution is 6.32. The van der Waals surface area contributed by atoms with Crippen LogP contribution in [-0.4, -0.2) is 39.9 Å². The Balaban J connectivity index is 2.73. The monoisotopic (exact) mass is 327 g/mol. The van der Waals surface area contributed by atoms with Crippen LogP contribution in [0.4, 0.5) is 0 Å². The first kappa shape index (κ1) is 18.3. The van der Waals surface area contributed by atoms with E-state index in [4.69, 9.17) is 25.8 Å². The Morgan fingerprint density at radius 1 is 1.32 bits per heavy atom. The third-order valence-corrected chi connectivity index (χ3v) is 3.31. The van der Waals surface area contributed by atoms with E-state index in [9.17, 15) is 4.79 Å². The molecular formula is C16H22ClNO4. The molecule has 1 rings (SSSR count). The van der Waals surface area contributed by atoms with E-state index < -0.39 is 0 Å². The van der Waals surface area contributed by atoms with Gasteiger partial charge in [0.1, 0.15) is 0 Å². The molecule has 0 aliphatic carbocycles. The van der Waals surface area contributed by atoms with E-state index in [1.165, 1.54) is 20.3 Å². The van der Waals surface area contributed by atoms with E-state index in [2.05, 4.69) is 5.32 Å². The summed E-state index contributed by atoms with van der Waals surface area (Å²) in [6, 6.07) is 3.51. The summed E-state index contributed by atoms with van der Waals surface area (Å²) in [7, 11) is 4.69. The largest absolute Gasteiger partial charge is 0.493 e. The Kier molecular flexibility index (Phi) is 7.77. The molecule has 22 heavy (non-hydrogen) atoms. The molecule has 0 aromatic heterocycles. The van der Waals surface area contributed by atoms with Crippen LogP contribution in [-0.2, 0) is 9.53 Å². The molecule has 1 aromatic carbocycles. The lowest BCUT2D eigenvalue weighted by Crippen LogP contribution is -2.31. The second-order valence-corrected chi connectivity index (χ2v) is 5.17. The van der Waals surface area contributed by atoms with Crippen molar-refractivity contribution in [1.29, 1.82) is 0 Å². The van der Waals surface area contributed by atoms with Gasteiger partial charge < -0.3 is 19.5 Å². The fraction of sp³-hybridized carbons (Fsp3) is 0.438. The number of amides is 1. The van der Waals surface area contributed by atoms with E-state index in [1.54, 1.807) is 25.3 Å². The molecule has 1 amide bonds. The van der Waals surface area contributed by atoms with Crippen LogP contribution in [0.15, 0.2) is 18.2 Å². The minimum Gasteiger partial charge on any atom is -0.493 e. The number of methoxy groups -OCH3 is 3. The van der Waals surface area contributed by atoms with Crippen LogP contribution in [0, 0.1) is 0 Å². The van der Waals surface area contributed by atoms with Gasteiger partial charge in [-0.25, -0.2) is 0 Å². The van der Waals surface area contributed by atoms with Crippen molar-refractivity contribution < 1.29 is 19.0 Å². The van der Waals surface area contributed by atoms with Gasteiger partial charge in [0.15, 0.2) is 11.5 Å². The third-order valence-electron chi connectivity index (χ3n) is 3.03. The highest BCUT2D eigenvalue weighted by Gasteiger charge is 2.10. The van der Waals surface area contributed by atoms with Crippen LogP contribution >= 0.6 is 11.6 Å². The normalized spacial score (nSPS) is 12.2. The van der Waals surface area contributed by atoms with Crippen molar-refractivity contribution >= 4 is 23.6 Å². The number of halogens is 1. The lowest BCUT2D eigenvalue weighted by atomic mass is 10.1. The second kappa shape index (κ2) is 9.33. The molecule has 0 heterocycles. The molecule has 1 atom stereocenters. The van der Waals surface area contributed by atoms with Gasteiger partial charge in [0.25, 0.3) is 0 Å². The number of carbonyl (C=O) groups is 1. The zero-order chi connectivity index (χ0) is 16.5. The number of carbonyl (C=O) groups excluding carboxylic acids is 1. The maximum atomic E-state index is 11.8. The molecule has 0 radical (unpaired) electrons. The zero-order valence-corrected chi connectivity index (χ0v) is 14.1. The number of benzene rings is 1. The molecule has 1 aromatic rings. The summed E-state index contributed by atoms with van der Waals surface area (Å²) in [6.45, 7) is 2.54. The number of ether oxygens (including phenoxy) is 3. The van der Waals surface area contributed by atoms with Crippen LogP contribution in [0.3, 0.4) is 0 Å². The van der Waals surface area contributed by atoms with E-state index in [-0.39, 0.29) is 11.9 Å². The van der Waals surface area contributed by atoms with E-state index in [1.807, 2.05) is 6.92 Å². The number of rotatable bonds is 8. The molecule has 122 valence electrons. The predicted molar refractivity (Wildman–Crippen MR) is 87.7 cm³/mol. The molecule has 0 aliphatic heterocycles. The highest BCUT2D eigenvalue weighted by Crippen LogP contribution is 2.36. The van der Waals surface area contributed by atoms with Gasteiger partial charge in [-0.3, -0.25) is 4.79 Å². The molecule has 6 heteroatoms.